The van der Waals surface area contributed by atoms with Crippen molar-refractivity contribution >= 4 is 22.7 Å². The van der Waals surface area contributed by atoms with Crippen molar-refractivity contribution in [2.45, 2.75) is 36.2 Å². The van der Waals surface area contributed by atoms with E-state index < -0.39 is 28.8 Å². The Labute approximate surface area is 130 Å². The molecule has 3 nitrogen and oxygen atoms in total. The predicted molar refractivity (Wildman–Crippen MR) is 79.7 cm³/mol. The molecule has 118 valence electrons. The summed E-state index contributed by atoms with van der Waals surface area (Å²) in [6, 6.07) is 8.62. The summed E-state index contributed by atoms with van der Waals surface area (Å²) in [7, 11) is 0. The van der Waals surface area contributed by atoms with Gasteiger partial charge in [-0.25, -0.2) is 0 Å². The first-order chi connectivity index (χ1) is 10.4. The van der Waals surface area contributed by atoms with E-state index in [0.717, 1.165) is 18.2 Å². The molecule has 1 aromatic rings. The van der Waals surface area contributed by atoms with Crippen LogP contribution in [0.25, 0.3) is 0 Å². The molecule has 3 rings (SSSR count). The van der Waals surface area contributed by atoms with Crippen molar-refractivity contribution in [1.29, 1.82) is 0 Å². The number of amides is 1. The number of hydrogen-bond acceptors (Lipinski definition) is 3. The molecule has 1 aliphatic carbocycles. The van der Waals surface area contributed by atoms with Gasteiger partial charge in [-0.05, 0) is 18.8 Å². The minimum Gasteiger partial charge on any atom is -0.369 e. The summed E-state index contributed by atoms with van der Waals surface area (Å²) in [5.74, 6) is -1.62. The second-order valence-electron chi connectivity index (χ2n) is 5.63. The van der Waals surface area contributed by atoms with Crippen LogP contribution in [-0.2, 0) is 4.79 Å². The number of carbonyl (C=O) groups excluding carboxylic acids is 1. The Balaban J connectivity index is 2.11. The quantitative estimate of drug-likeness (QED) is 0.927. The van der Waals surface area contributed by atoms with Gasteiger partial charge in [0.25, 0.3) is 0 Å². The van der Waals surface area contributed by atoms with E-state index in [1.54, 1.807) is 30.3 Å². The lowest BCUT2D eigenvalue weighted by atomic mass is 9.68. The van der Waals surface area contributed by atoms with Gasteiger partial charge < -0.3 is 5.73 Å². The Hall–Kier alpha value is -1.50. The van der Waals surface area contributed by atoms with Crippen molar-refractivity contribution in [3.63, 3.8) is 0 Å². The number of rotatable bonds is 3. The second kappa shape index (κ2) is 5.30. The van der Waals surface area contributed by atoms with Crippen LogP contribution in [0.1, 0.15) is 24.8 Å². The van der Waals surface area contributed by atoms with E-state index in [9.17, 15) is 18.0 Å². The third-order valence-corrected chi connectivity index (χ3v) is 5.75. The molecule has 22 heavy (non-hydrogen) atoms. The lowest BCUT2D eigenvalue weighted by Gasteiger charge is -2.43. The van der Waals surface area contributed by atoms with Gasteiger partial charge in [0.15, 0.2) is 5.54 Å². The third-order valence-electron chi connectivity index (χ3n) is 4.38. The molecule has 0 spiro atoms. The Morgan fingerprint density at radius 3 is 2.36 bits per heavy atom. The number of benzene rings is 1. The SMILES string of the molecule is NC(=O)C1SC(c2ccccc2)=NC1(C1CCC1)C(F)(F)F. The minimum atomic E-state index is -4.60. The molecule has 7 heteroatoms. The van der Waals surface area contributed by atoms with Gasteiger partial charge in [0.1, 0.15) is 5.25 Å². The summed E-state index contributed by atoms with van der Waals surface area (Å²) in [5, 5.41) is -1.15. The molecule has 0 bridgehead atoms. The van der Waals surface area contributed by atoms with Crippen LogP contribution in [0.15, 0.2) is 35.3 Å². The highest BCUT2D eigenvalue weighted by Gasteiger charge is 2.69. The molecule has 2 aliphatic rings. The van der Waals surface area contributed by atoms with Crippen LogP contribution in [-0.4, -0.2) is 27.9 Å². The van der Waals surface area contributed by atoms with E-state index in [1.807, 2.05) is 0 Å². The average molecular weight is 328 g/mol. The fourth-order valence-electron chi connectivity index (χ4n) is 3.04. The van der Waals surface area contributed by atoms with Crippen molar-refractivity contribution in [3.8, 4) is 0 Å². The number of nitrogens with two attached hydrogens (primary N) is 1. The first-order valence-electron chi connectivity index (χ1n) is 7.04. The fraction of sp³-hybridized carbons (Fsp3) is 0.467. The monoisotopic (exact) mass is 328 g/mol. The number of hydrogen-bond donors (Lipinski definition) is 1. The highest BCUT2D eigenvalue weighted by molar-refractivity contribution is 8.15. The van der Waals surface area contributed by atoms with Crippen LogP contribution >= 0.6 is 11.8 Å². The molecule has 1 amide bonds. The molecule has 2 unspecified atom stereocenters. The molecule has 1 heterocycles. The zero-order valence-corrected chi connectivity index (χ0v) is 12.5. The van der Waals surface area contributed by atoms with Gasteiger partial charge in [-0.1, -0.05) is 48.5 Å². The topological polar surface area (TPSA) is 55.5 Å². The molecule has 0 saturated heterocycles. The summed E-state index contributed by atoms with van der Waals surface area (Å²) >= 11 is 0.839. The number of carbonyl (C=O) groups is 1. The second-order valence-corrected chi connectivity index (χ2v) is 6.73. The molecular weight excluding hydrogens is 313 g/mol. The van der Waals surface area contributed by atoms with E-state index in [2.05, 4.69) is 4.99 Å². The van der Waals surface area contributed by atoms with Gasteiger partial charge in [0.05, 0.1) is 5.04 Å². The summed E-state index contributed by atoms with van der Waals surface area (Å²) in [6.45, 7) is 0. The Bertz CT molecular complexity index is 613. The number of thioether (sulfide) groups is 1. The first kappa shape index (κ1) is 15.4. The Morgan fingerprint density at radius 1 is 1.27 bits per heavy atom. The van der Waals surface area contributed by atoms with Crippen molar-refractivity contribution in [2.24, 2.45) is 16.6 Å². The average Bonchev–Trinajstić information content (AvgIpc) is 2.79. The summed E-state index contributed by atoms with van der Waals surface area (Å²) in [4.78, 5) is 15.8. The Morgan fingerprint density at radius 2 is 1.91 bits per heavy atom. The smallest absolute Gasteiger partial charge is 0.369 e. The Kier molecular flexibility index (Phi) is 3.71. The number of primary amides is 1. The molecule has 1 aromatic carbocycles. The molecule has 0 aromatic heterocycles. The van der Waals surface area contributed by atoms with E-state index in [4.69, 9.17) is 5.73 Å². The molecular formula is C15H15F3N2OS. The highest BCUT2D eigenvalue weighted by Crippen LogP contribution is 2.56. The van der Waals surface area contributed by atoms with Gasteiger partial charge in [-0.15, -0.1) is 0 Å². The summed E-state index contributed by atoms with van der Waals surface area (Å²) in [5.41, 5.74) is 3.50. The number of halogens is 3. The van der Waals surface area contributed by atoms with Crippen molar-refractivity contribution in [2.75, 3.05) is 0 Å². The van der Waals surface area contributed by atoms with Crippen LogP contribution in [0, 0.1) is 5.92 Å². The normalized spacial score (nSPS) is 29.0. The lowest BCUT2D eigenvalue weighted by molar-refractivity contribution is -0.207. The van der Waals surface area contributed by atoms with Crippen LogP contribution in [0.2, 0.25) is 0 Å². The molecule has 1 saturated carbocycles. The van der Waals surface area contributed by atoms with Gasteiger partial charge in [-0.2, -0.15) is 13.2 Å². The molecule has 2 atom stereocenters. The van der Waals surface area contributed by atoms with Crippen molar-refractivity contribution in [3.05, 3.63) is 35.9 Å². The molecule has 1 aliphatic heterocycles. The number of nitrogens with zero attached hydrogens (tertiary/aromatic N) is 1. The zero-order valence-electron chi connectivity index (χ0n) is 11.6. The van der Waals surface area contributed by atoms with Crippen LogP contribution < -0.4 is 5.73 Å². The van der Waals surface area contributed by atoms with Gasteiger partial charge >= 0.3 is 6.18 Å². The van der Waals surface area contributed by atoms with Crippen LogP contribution in [0.5, 0.6) is 0 Å². The zero-order chi connectivity index (χ0) is 16.0. The third kappa shape index (κ3) is 2.22. The van der Waals surface area contributed by atoms with Crippen molar-refractivity contribution < 1.29 is 18.0 Å². The predicted octanol–water partition coefficient (Wildman–Crippen LogP) is 3.14. The highest BCUT2D eigenvalue weighted by atomic mass is 32.2. The molecule has 0 radical (unpaired) electrons. The minimum absolute atomic E-state index is 0.244. The number of aliphatic imine (C=N–C) groups is 1. The standard InChI is InChI=1S/C15H15F3N2OS/c16-15(17,18)14(10-7-4-8-10)11(12(19)21)22-13(20-14)9-5-2-1-3-6-9/h1-3,5-6,10-11H,4,7-8H2,(H2,19,21). The van der Waals surface area contributed by atoms with E-state index >= 15 is 0 Å². The van der Waals surface area contributed by atoms with E-state index in [0.29, 0.717) is 18.4 Å². The largest absolute Gasteiger partial charge is 0.415 e. The maximum Gasteiger partial charge on any atom is 0.415 e. The molecule has 1 fully saturated rings. The van der Waals surface area contributed by atoms with Crippen molar-refractivity contribution in [1.82, 2.24) is 0 Å². The van der Waals surface area contributed by atoms with Gasteiger partial charge in [-0.3, -0.25) is 9.79 Å². The first-order valence-corrected chi connectivity index (χ1v) is 7.92. The van der Waals surface area contributed by atoms with Crippen LogP contribution in [0.3, 0.4) is 0 Å². The van der Waals surface area contributed by atoms with Gasteiger partial charge in [0, 0.05) is 5.56 Å². The van der Waals surface area contributed by atoms with E-state index in [-0.39, 0.29) is 5.04 Å². The van der Waals surface area contributed by atoms with Crippen LogP contribution in [0.4, 0.5) is 13.2 Å². The molecule has 2 N–H and O–H groups in total. The fourth-order valence-corrected chi connectivity index (χ4v) is 4.41. The van der Waals surface area contributed by atoms with Gasteiger partial charge in [0.2, 0.25) is 5.91 Å². The summed E-state index contributed by atoms with van der Waals surface area (Å²) < 4.78 is 41.6. The number of alkyl halides is 3. The maximum absolute atomic E-state index is 13.9. The van der Waals surface area contributed by atoms with E-state index in [1.165, 1.54) is 0 Å². The summed E-state index contributed by atoms with van der Waals surface area (Å²) in [6.07, 6.45) is -3.01. The lowest BCUT2D eigenvalue weighted by Crippen LogP contribution is -2.60. The maximum atomic E-state index is 13.9.